The van der Waals surface area contributed by atoms with E-state index in [1.165, 1.54) is 31.7 Å². The summed E-state index contributed by atoms with van der Waals surface area (Å²) in [4.78, 5) is 5.90. The summed E-state index contributed by atoms with van der Waals surface area (Å²) in [6.45, 7) is 9.06. The molecule has 160 valence electrons. The van der Waals surface area contributed by atoms with Crippen LogP contribution in [0.2, 0.25) is 0 Å². The third kappa shape index (κ3) is 5.13. The summed E-state index contributed by atoms with van der Waals surface area (Å²) in [6, 6.07) is 17.0. The molecule has 0 atom stereocenters. The number of fused-ring (bicyclic) bond motifs is 1. The van der Waals surface area contributed by atoms with Crippen molar-refractivity contribution in [1.29, 1.82) is 0 Å². The van der Waals surface area contributed by atoms with E-state index in [-0.39, 0.29) is 5.41 Å². The Kier molecular flexibility index (Phi) is 6.40. The Bertz CT molecular complexity index is 1090. The van der Waals surface area contributed by atoms with E-state index in [4.69, 9.17) is 0 Å². The predicted molar refractivity (Wildman–Crippen MR) is 139 cm³/mol. The molecular weight excluding hydrogens is 416 g/mol. The lowest BCUT2D eigenvalue weighted by atomic mass is 9.75. The van der Waals surface area contributed by atoms with Crippen LogP contribution in [0.1, 0.15) is 26.7 Å². The summed E-state index contributed by atoms with van der Waals surface area (Å²) in [6.07, 6.45) is 9.14. The molecule has 0 unspecified atom stereocenters. The molecule has 4 heteroatoms. The van der Waals surface area contributed by atoms with Gasteiger partial charge in [-0.25, -0.2) is 0 Å². The van der Waals surface area contributed by atoms with Gasteiger partial charge in [0.05, 0.1) is 10.7 Å². The minimum atomic E-state index is 0.232. The average Bonchev–Trinajstić information content (AvgIpc) is 3.02. The number of benzene rings is 2. The van der Waals surface area contributed by atoms with Crippen LogP contribution in [0, 0.1) is 5.41 Å². The highest BCUT2D eigenvalue weighted by atomic mass is 32.2. The number of para-hydroxylation sites is 2. The average molecular weight is 447 g/mol. The Labute approximate surface area is 195 Å². The van der Waals surface area contributed by atoms with Crippen LogP contribution in [0.3, 0.4) is 0 Å². The fraction of sp³-hybridized carbons (Fsp3) is 0.259. The largest absolute Gasteiger partial charge is 0.387 e. The molecule has 4 rings (SSSR count). The molecule has 0 fully saturated rings. The second kappa shape index (κ2) is 9.05. The van der Waals surface area contributed by atoms with Gasteiger partial charge in [-0.3, -0.25) is 0 Å². The second-order valence-corrected chi connectivity index (χ2v) is 11.1. The molecule has 0 saturated heterocycles. The van der Waals surface area contributed by atoms with E-state index in [1.54, 1.807) is 11.8 Å². The van der Waals surface area contributed by atoms with E-state index in [0.29, 0.717) is 0 Å². The van der Waals surface area contributed by atoms with Crippen LogP contribution >= 0.6 is 23.5 Å². The van der Waals surface area contributed by atoms with E-state index >= 15 is 0 Å². The van der Waals surface area contributed by atoms with Gasteiger partial charge in [-0.2, -0.15) is 0 Å². The maximum absolute atomic E-state index is 4.34. The molecule has 0 amide bonds. The first-order chi connectivity index (χ1) is 14.8. The summed E-state index contributed by atoms with van der Waals surface area (Å²) < 4.78 is 0. The molecule has 2 aromatic carbocycles. The van der Waals surface area contributed by atoms with Gasteiger partial charge >= 0.3 is 0 Å². The van der Waals surface area contributed by atoms with Crippen molar-refractivity contribution in [2.75, 3.05) is 24.3 Å². The lowest BCUT2D eigenvalue weighted by molar-refractivity contribution is 0.355. The summed E-state index contributed by atoms with van der Waals surface area (Å²) in [5, 5.41) is 4.56. The Morgan fingerprint density at radius 1 is 1.13 bits per heavy atom. The molecule has 0 radical (unpaired) electrons. The van der Waals surface area contributed by atoms with E-state index in [2.05, 4.69) is 104 Å². The first kappa shape index (κ1) is 21.9. The lowest BCUT2D eigenvalue weighted by Crippen LogP contribution is -2.17. The van der Waals surface area contributed by atoms with Crippen molar-refractivity contribution in [3.63, 3.8) is 0 Å². The first-order valence-corrected chi connectivity index (χ1v) is 12.2. The maximum Gasteiger partial charge on any atom is 0.0801 e. The zero-order valence-corrected chi connectivity index (χ0v) is 20.4. The molecule has 31 heavy (non-hydrogen) atoms. The number of rotatable bonds is 5. The summed E-state index contributed by atoms with van der Waals surface area (Å²) >= 11 is 3.58. The topological polar surface area (TPSA) is 15.3 Å². The van der Waals surface area contributed by atoms with E-state index in [0.717, 1.165) is 23.4 Å². The standard InChI is InChI=1S/C27H30N2S2/c1-19(30-24-12-8-6-10-22(24)28-4)14-20-15-21(18-27(2,3)17-20)16-26-29(5)23-11-7-9-13-25(23)31-26/h6-16,28H,1,17-18H2,2-5H3/b20-14+,26-16+. The molecule has 1 heterocycles. The maximum atomic E-state index is 4.34. The number of hydrogen-bond donors (Lipinski definition) is 1. The number of allylic oxidation sites excluding steroid dienone is 5. The van der Waals surface area contributed by atoms with Gasteiger partial charge in [0.2, 0.25) is 0 Å². The molecule has 2 aliphatic rings. The van der Waals surface area contributed by atoms with Gasteiger partial charge in [0, 0.05) is 34.5 Å². The fourth-order valence-corrected chi connectivity index (χ4v) is 6.28. The third-order valence-electron chi connectivity index (χ3n) is 5.56. The SMILES string of the molecule is C=C(/C=C1C=C(/C=C2/Sc3ccccc3N2C)CC(C)(C)C\1)Sc1ccccc1NC. The monoisotopic (exact) mass is 446 g/mol. The molecule has 0 spiro atoms. The van der Waals surface area contributed by atoms with E-state index in [9.17, 15) is 0 Å². The minimum absolute atomic E-state index is 0.232. The Hall–Kier alpha value is -2.30. The third-order valence-corrected chi connectivity index (χ3v) is 7.68. The van der Waals surface area contributed by atoms with Gasteiger partial charge in [0.15, 0.2) is 0 Å². The van der Waals surface area contributed by atoms with Crippen molar-refractivity contribution in [2.45, 2.75) is 36.5 Å². The Morgan fingerprint density at radius 3 is 2.65 bits per heavy atom. The highest BCUT2D eigenvalue weighted by molar-refractivity contribution is 8.03. The van der Waals surface area contributed by atoms with Crippen LogP contribution in [0.15, 0.2) is 104 Å². The molecule has 1 N–H and O–H groups in total. The smallest absolute Gasteiger partial charge is 0.0801 e. The number of nitrogens with one attached hydrogen (secondary N) is 1. The molecule has 1 aliphatic heterocycles. The molecule has 2 nitrogen and oxygen atoms in total. The molecule has 0 saturated carbocycles. The van der Waals surface area contributed by atoms with Gasteiger partial charge in [-0.1, -0.05) is 74.3 Å². The summed E-state index contributed by atoms with van der Waals surface area (Å²) in [5.74, 6) is 0. The molecule has 0 aromatic heterocycles. The lowest BCUT2D eigenvalue weighted by Gasteiger charge is -2.31. The second-order valence-electron chi connectivity index (χ2n) is 8.88. The van der Waals surface area contributed by atoms with Crippen molar-refractivity contribution in [1.82, 2.24) is 0 Å². The number of hydrogen-bond acceptors (Lipinski definition) is 4. The zero-order chi connectivity index (χ0) is 22.0. The van der Waals surface area contributed by atoms with Gasteiger partial charge in [0.1, 0.15) is 0 Å². The normalized spacial score (nSPS) is 20.0. The molecule has 0 bridgehead atoms. The van der Waals surface area contributed by atoms with Crippen LogP contribution in [-0.4, -0.2) is 14.1 Å². The van der Waals surface area contributed by atoms with Crippen molar-refractivity contribution < 1.29 is 0 Å². The Balaban J connectivity index is 1.57. The van der Waals surface area contributed by atoms with Crippen LogP contribution in [0.5, 0.6) is 0 Å². The Morgan fingerprint density at radius 2 is 1.87 bits per heavy atom. The van der Waals surface area contributed by atoms with Crippen molar-refractivity contribution in [3.05, 3.63) is 94.4 Å². The van der Waals surface area contributed by atoms with Crippen LogP contribution in [0.25, 0.3) is 0 Å². The molecule has 1 aliphatic carbocycles. The predicted octanol–water partition coefficient (Wildman–Crippen LogP) is 8.09. The van der Waals surface area contributed by atoms with Crippen LogP contribution in [0.4, 0.5) is 11.4 Å². The highest BCUT2D eigenvalue weighted by Gasteiger charge is 2.27. The fourth-order valence-electron chi connectivity index (χ4n) is 4.24. The van der Waals surface area contributed by atoms with Gasteiger partial charge < -0.3 is 10.2 Å². The van der Waals surface area contributed by atoms with Crippen molar-refractivity contribution in [3.8, 4) is 0 Å². The molecular formula is C27H30N2S2. The number of anilines is 2. The number of thioether (sulfide) groups is 2. The van der Waals surface area contributed by atoms with Crippen molar-refractivity contribution in [2.24, 2.45) is 5.41 Å². The first-order valence-electron chi connectivity index (χ1n) is 10.6. The van der Waals surface area contributed by atoms with Crippen LogP contribution < -0.4 is 10.2 Å². The molecule has 2 aromatic rings. The quantitative estimate of drug-likeness (QED) is 0.467. The summed E-state index contributed by atoms with van der Waals surface area (Å²) in [7, 11) is 4.12. The van der Waals surface area contributed by atoms with Gasteiger partial charge in [0.25, 0.3) is 0 Å². The van der Waals surface area contributed by atoms with E-state index in [1.807, 2.05) is 18.8 Å². The summed E-state index contributed by atoms with van der Waals surface area (Å²) in [5.41, 5.74) is 5.40. The minimum Gasteiger partial charge on any atom is -0.387 e. The van der Waals surface area contributed by atoms with Crippen LogP contribution in [-0.2, 0) is 0 Å². The highest BCUT2D eigenvalue weighted by Crippen LogP contribution is 2.47. The van der Waals surface area contributed by atoms with E-state index < -0.39 is 0 Å². The zero-order valence-electron chi connectivity index (χ0n) is 18.7. The van der Waals surface area contributed by atoms with Crippen molar-refractivity contribution >= 4 is 34.9 Å². The number of nitrogens with zero attached hydrogens (tertiary/aromatic N) is 1. The van der Waals surface area contributed by atoms with Gasteiger partial charge in [-0.15, -0.1) is 0 Å². The van der Waals surface area contributed by atoms with Gasteiger partial charge in [-0.05, 0) is 65.8 Å².